The standard InChI is InChI=1S/C31H28N6O5S/c38-29-23-8-4-5-9-25(23)37(33-17-20-10-11-20)31(39)28(29)30-34-24-13-12-22(16-26(24)43(40,41)35-30)42-19-27-32-14-15-36(27)18-21-6-2-1-3-7-21/h1-9,12-16,20,33,38H,10-11,17-19H2,(H,34,35). The number of aromatic nitrogens is 3. The summed E-state index contributed by atoms with van der Waals surface area (Å²) >= 11 is 0. The average molecular weight is 597 g/mol. The van der Waals surface area contributed by atoms with E-state index in [0.29, 0.717) is 41.5 Å². The number of rotatable bonds is 9. The van der Waals surface area contributed by atoms with Crippen LogP contribution < -0.4 is 21.0 Å². The van der Waals surface area contributed by atoms with Crippen LogP contribution in [0.3, 0.4) is 0 Å². The van der Waals surface area contributed by atoms with Gasteiger partial charge in [-0.1, -0.05) is 42.5 Å². The van der Waals surface area contributed by atoms with Crippen LogP contribution >= 0.6 is 0 Å². The van der Waals surface area contributed by atoms with E-state index in [1.54, 1.807) is 42.6 Å². The number of benzene rings is 3. The third-order valence-corrected chi connectivity index (χ3v) is 8.90. The van der Waals surface area contributed by atoms with Crippen molar-refractivity contribution in [3.63, 3.8) is 0 Å². The Kier molecular flexibility index (Phi) is 6.62. The Morgan fingerprint density at radius 2 is 1.84 bits per heavy atom. The lowest BCUT2D eigenvalue weighted by molar-refractivity contribution is 0.290. The minimum Gasteiger partial charge on any atom is -0.506 e. The van der Waals surface area contributed by atoms with Crippen molar-refractivity contribution in [2.24, 2.45) is 10.3 Å². The van der Waals surface area contributed by atoms with Crippen molar-refractivity contribution in [2.75, 3.05) is 17.3 Å². The van der Waals surface area contributed by atoms with Crippen molar-refractivity contribution in [1.82, 2.24) is 14.2 Å². The van der Waals surface area contributed by atoms with Gasteiger partial charge in [0.15, 0.2) is 5.84 Å². The predicted octanol–water partition coefficient (Wildman–Crippen LogP) is 4.05. The number of nitrogens with one attached hydrogen (secondary N) is 2. The number of aromatic hydroxyl groups is 1. The second-order valence-corrected chi connectivity index (χ2v) is 12.2. The highest BCUT2D eigenvalue weighted by Gasteiger charge is 2.31. The maximum Gasteiger partial charge on any atom is 0.286 e. The molecule has 3 N–H and O–H groups in total. The molecule has 2 aliphatic rings. The molecule has 218 valence electrons. The fourth-order valence-electron chi connectivity index (χ4n) is 5.13. The minimum atomic E-state index is -4.25. The first-order valence-electron chi connectivity index (χ1n) is 13.9. The normalized spacial score (nSPS) is 15.4. The van der Waals surface area contributed by atoms with Crippen LogP contribution in [0.5, 0.6) is 11.5 Å². The van der Waals surface area contributed by atoms with Crippen molar-refractivity contribution in [3.8, 4) is 11.5 Å². The largest absolute Gasteiger partial charge is 0.506 e. The van der Waals surface area contributed by atoms with Crippen molar-refractivity contribution in [1.29, 1.82) is 0 Å². The molecule has 43 heavy (non-hydrogen) atoms. The highest BCUT2D eigenvalue weighted by atomic mass is 32.2. The number of hydrogen-bond donors (Lipinski definition) is 3. The Morgan fingerprint density at radius 3 is 2.65 bits per heavy atom. The third-order valence-electron chi connectivity index (χ3n) is 7.59. The van der Waals surface area contributed by atoms with Crippen molar-refractivity contribution in [3.05, 3.63) is 112 Å². The Hall–Kier alpha value is -5.10. The predicted molar refractivity (Wildman–Crippen MR) is 163 cm³/mol. The van der Waals surface area contributed by atoms with E-state index in [2.05, 4.69) is 20.1 Å². The number of anilines is 1. The molecule has 0 bridgehead atoms. The molecule has 3 heterocycles. The molecule has 11 nitrogen and oxygen atoms in total. The molecule has 5 aromatic rings. The Labute approximate surface area is 247 Å². The van der Waals surface area contributed by atoms with Gasteiger partial charge in [0.2, 0.25) is 0 Å². The van der Waals surface area contributed by atoms with E-state index in [0.717, 1.165) is 18.4 Å². The number of hydrogen-bond acceptors (Lipinski definition) is 8. The van der Waals surface area contributed by atoms with E-state index in [9.17, 15) is 18.3 Å². The van der Waals surface area contributed by atoms with Gasteiger partial charge < -0.3 is 25.2 Å². The molecule has 2 aromatic heterocycles. The maximum atomic E-state index is 13.7. The molecule has 1 fully saturated rings. The van der Waals surface area contributed by atoms with Gasteiger partial charge in [-0.05, 0) is 48.6 Å². The Bertz CT molecular complexity index is 2050. The summed E-state index contributed by atoms with van der Waals surface area (Å²) in [6.45, 7) is 1.34. The fraction of sp³-hybridized carbons (Fsp3) is 0.194. The summed E-state index contributed by atoms with van der Waals surface area (Å²) in [4.78, 5) is 17.9. The number of nitrogens with zero attached hydrogens (tertiary/aromatic N) is 4. The highest BCUT2D eigenvalue weighted by Crippen LogP contribution is 2.34. The summed E-state index contributed by atoms with van der Waals surface area (Å²) in [5, 5.41) is 14.5. The lowest BCUT2D eigenvalue weighted by Crippen LogP contribution is -2.37. The second kappa shape index (κ2) is 10.6. The van der Waals surface area contributed by atoms with E-state index in [-0.39, 0.29) is 34.3 Å². The van der Waals surface area contributed by atoms with Gasteiger partial charge in [-0.25, -0.2) is 9.66 Å². The topological polar surface area (TPSA) is 140 Å². The number of sulfonamides is 1. The quantitative estimate of drug-likeness (QED) is 0.232. The number of imidazole rings is 1. The van der Waals surface area contributed by atoms with Gasteiger partial charge in [0.05, 0.1) is 11.2 Å². The summed E-state index contributed by atoms with van der Waals surface area (Å²) in [5.41, 5.74) is 4.13. The summed E-state index contributed by atoms with van der Waals surface area (Å²) in [5.74, 6) is 0.874. The van der Waals surface area contributed by atoms with Crippen LogP contribution in [0.2, 0.25) is 0 Å². The molecular weight excluding hydrogens is 568 g/mol. The number of amidine groups is 1. The van der Waals surface area contributed by atoms with E-state index in [1.807, 2.05) is 41.1 Å². The van der Waals surface area contributed by atoms with Crippen molar-refractivity contribution in [2.45, 2.75) is 30.9 Å². The van der Waals surface area contributed by atoms with Crippen LogP contribution in [-0.2, 0) is 23.2 Å². The molecular formula is C31H28N6O5S. The molecule has 1 aliphatic heterocycles. The van der Waals surface area contributed by atoms with Crippen molar-refractivity contribution >= 4 is 32.4 Å². The first kappa shape index (κ1) is 26.8. The van der Waals surface area contributed by atoms with Gasteiger partial charge >= 0.3 is 0 Å². The summed E-state index contributed by atoms with van der Waals surface area (Å²) in [7, 11) is -4.25. The molecule has 0 atom stereocenters. The number of pyridine rings is 1. The van der Waals surface area contributed by atoms with Crippen LogP contribution in [0.4, 0.5) is 5.69 Å². The number of fused-ring (bicyclic) bond motifs is 2. The smallest absolute Gasteiger partial charge is 0.286 e. The molecule has 1 aliphatic carbocycles. The van der Waals surface area contributed by atoms with Crippen LogP contribution in [0.15, 0.2) is 99.3 Å². The molecule has 0 amide bonds. The molecule has 0 spiro atoms. The summed E-state index contributed by atoms with van der Waals surface area (Å²) < 4.78 is 39.9. The third kappa shape index (κ3) is 5.21. The Morgan fingerprint density at radius 1 is 1.05 bits per heavy atom. The number of para-hydroxylation sites is 1. The van der Waals surface area contributed by atoms with Crippen LogP contribution in [0.25, 0.3) is 10.9 Å². The van der Waals surface area contributed by atoms with E-state index in [1.165, 1.54) is 10.7 Å². The number of ether oxygens (including phenoxy) is 1. The zero-order chi connectivity index (χ0) is 29.6. The molecule has 0 saturated heterocycles. The Balaban J connectivity index is 1.17. The highest BCUT2D eigenvalue weighted by molar-refractivity contribution is 7.90. The van der Waals surface area contributed by atoms with E-state index in [4.69, 9.17) is 4.74 Å². The van der Waals surface area contributed by atoms with Gasteiger partial charge in [-0.2, -0.15) is 8.42 Å². The molecule has 12 heteroatoms. The zero-order valence-corrected chi connectivity index (χ0v) is 23.8. The van der Waals surface area contributed by atoms with Crippen LogP contribution in [0.1, 0.15) is 29.8 Å². The zero-order valence-electron chi connectivity index (χ0n) is 23.0. The SMILES string of the molecule is O=c1c(C2=NS(=O)(=O)c3cc(OCc4nccn4Cc4ccccc4)ccc3N2)c(O)c2ccccc2n1NCC1CC1. The molecule has 1 saturated carbocycles. The monoisotopic (exact) mass is 596 g/mol. The summed E-state index contributed by atoms with van der Waals surface area (Å²) in [6.07, 6.45) is 5.71. The lowest BCUT2D eigenvalue weighted by atomic mass is 10.1. The molecule has 0 radical (unpaired) electrons. The first-order valence-corrected chi connectivity index (χ1v) is 15.3. The molecule has 3 aromatic carbocycles. The van der Waals surface area contributed by atoms with E-state index >= 15 is 0 Å². The van der Waals surface area contributed by atoms with Gasteiger partial charge in [0, 0.05) is 36.9 Å². The molecule has 0 unspecified atom stereocenters. The first-order chi connectivity index (χ1) is 20.9. The molecule has 7 rings (SSSR count). The minimum absolute atomic E-state index is 0.103. The average Bonchev–Trinajstić information content (AvgIpc) is 3.73. The van der Waals surface area contributed by atoms with Gasteiger partial charge in [0.25, 0.3) is 15.6 Å². The fourth-order valence-corrected chi connectivity index (χ4v) is 6.27. The second-order valence-electron chi connectivity index (χ2n) is 10.6. The maximum absolute atomic E-state index is 13.7. The van der Waals surface area contributed by atoms with Gasteiger partial charge in [-0.3, -0.25) is 4.79 Å². The van der Waals surface area contributed by atoms with Crippen LogP contribution in [-0.4, -0.2) is 40.1 Å². The van der Waals surface area contributed by atoms with E-state index < -0.39 is 15.6 Å². The van der Waals surface area contributed by atoms with Gasteiger partial charge in [0.1, 0.15) is 34.4 Å². The van der Waals surface area contributed by atoms with Gasteiger partial charge in [-0.15, -0.1) is 4.40 Å². The summed E-state index contributed by atoms with van der Waals surface area (Å²) in [6, 6.07) is 21.4. The van der Waals surface area contributed by atoms with Crippen LogP contribution in [0, 0.1) is 5.92 Å². The van der Waals surface area contributed by atoms with Crippen molar-refractivity contribution < 1.29 is 18.3 Å². The lowest BCUT2D eigenvalue weighted by Gasteiger charge is -2.21.